The maximum absolute atomic E-state index is 11.4. The summed E-state index contributed by atoms with van der Waals surface area (Å²) in [7, 11) is 0. The third kappa shape index (κ3) is 3.97. The summed E-state index contributed by atoms with van der Waals surface area (Å²) in [6.07, 6.45) is 3.63. The first-order chi connectivity index (χ1) is 9.06. The standard InChI is InChI=1S/C13H10BrIN2O2/c14-9-3-1-8(2-4-9)5-11(13(18)19)12-16-6-10(15)7-17-12/h1-4,6-7,11H,5H2,(H,18,19). The van der Waals surface area contributed by atoms with Crippen LogP contribution in [0.15, 0.2) is 41.1 Å². The third-order valence-electron chi connectivity index (χ3n) is 2.60. The Morgan fingerprint density at radius 1 is 1.26 bits per heavy atom. The lowest BCUT2D eigenvalue weighted by molar-refractivity contribution is -0.139. The van der Waals surface area contributed by atoms with Crippen molar-refractivity contribution in [1.29, 1.82) is 0 Å². The molecule has 2 rings (SSSR count). The topological polar surface area (TPSA) is 63.1 Å². The molecule has 0 saturated carbocycles. The third-order valence-corrected chi connectivity index (χ3v) is 3.69. The van der Waals surface area contributed by atoms with Crippen LogP contribution < -0.4 is 0 Å². The minimum Gasteiger partial charge on any atom is -0.481 e. The fraction of sp³-hybridized carbons (Fsp3) is 0.154. The van der Waals surface area contributed by atoms with Gasteiger partial charge in [0.25, 0.3) is 0 Å². The van der Waals surface area contributed by atoms with Gasteiger partial charge >= 0.3 is 5.97 Å². The fourth-order valence-corrected chi connectivity index (χ4v) is 2.19. The van der Waals surface area contributed by atoms with Gasteiger partial charge in [0.1, 0.15) is 11.7 Å². The zero-order valence-corrected chi connectivity index (χ0v) is 13.5. The van der Waals surface area contributed by atoms with E-state index in [1.165, 1.54) is 0 Å². The highest BCUT2D eigenvalue weighted by Crippen LogP contribution is 2.20. The number of aliphatic carboxylic acids is 1. The van der Waals surface area contributed by atoms with Crippen molar-refractivity contribution >= 4 is 44.5 Å². The predicted molar refractivity (Wildman–Crippen MR) is 83.0 cm³/mol. The zero-order chi connectivity index (χ0) is 13.8. The van der Waals surface area contributed by atoms with Crippen molar-refractivity contribution in [2.75, 3.05) is 0 Å². The molecule has 4 nitrogen and oxygen atoms in total. The second-order valence-corrected chi connectivity index (χ2v) is 6.14. The van der Waals surface area contributed by atoms with Crippen molar-refractivity contribution in [3.05, 3.63) is 56.1 Å². The molecule has 1 unspecified atom stereocenters. The first kappa shape index (κ1) is 14.4. The van der Waals surface area contributed by atoms with Gasteiger partial charge in [-0.3, -0.25) is 4.79 Å². The van der Waals surface area contributed by atoms with Crippen LogP contribution in [0.2, 0.25) is 0 Å². The van der Waals surface area contributed by atoms with Crippen LogP contribution in [0.3, 0.4) is 0 Å². The summed E-state index contributed by atoms with van der Waals surface area (Å²) >= 11 is 5.44. The number of nitrogens with zero attached hydrogens (tertiary/aromatic N) is 2. The summed E-state index contributed by atoms with van der Waals surface area (Å²) in [6.45, 7) is 0. The zero-order valence-electron chi connectivity index (χ0n) is 9.75. The van der Waals surface area contributed by atoms with Gasteiger partial charge in [-0.2, -0.15) is 0 Å². The number of rotatable bonds is 4. The number of hydrogen-bond donors (Lipinski definition) is 1. The van der Waals surface area contributed by atoms with E-state index >= 15 is 0 Å². The Hall–Kier alpha value is -1.02. The van der Waals surface area contributed by atoms with Crippen molar-refractivity contribution in [2.45, 2.75) is 12.3 Å². The second kappa shape index (κ2) is 6.42. The van der Waals surface area contributed by atoms with Crippen LogP contribution >= 0.6 is 38.5 Å². The lowest BCUT2D eigenvalue weighted by atomic mass is 9.99. The van der Waals surface area contributed by atoms with Crippen LogP contribution in [0.5, 0.6) is 0 Å². The molecule has 1 aromatic carbocycles. The predicted octanol–water partition coefficient (Wildman–Crippen LogP) is 3.25. The normalized spacial score (nSPS) is 12.1. The molecule has 1 aromatic heterocycles. The van der Waals surface area contributed by atoms with E-state index in [9.17, 15) is 9.90 Å². The van der Waals surface area contributed by atoms with Crippen LogP contribution in [-0.4, -0.2) is 21.0 Å². The average Bonchev–Trinajstić information content (AvgIpc) is 2.39. The quantitative estimate of drug-likeness (QED) is 0.753. The average molecular weight is 433 g/mol. The highest BCUT2D eigenvalue weighted by atomic mass is 127. The number of aromatic nitrogens is 2. The van der Waals surface area contributed by atoms with Crippen LogP contribution in [0.25, 0.3) is 0 Å². The summed E-state index contributed by atoms with van der Waals surface area (Å²) < 4.78 is 1.85. The lowest BCUT2D eigenvalue weighted by Crippen LogP contribution is -2.17. The maximum Gasteiger partial charge on any atom is 0.314 e. The van der Waals surface area contributed by atoms with Crippen molar-refractivity contribution in [3.63, 3.8) is 0 Å². The molecule has 0 amide bonds. The molecule has 19 heavy (non-hydrogen) atoms. The Bertz CT molecular complexity index is 572. The van der Waals surface area contributed by atoms with E-state index in [0.717, 1.165) is 13.6 Å². The number of carboxylic acid groups (broad SMARTS) is 1. The Balaban J connectivity index is 2.23. The first-order valence-corrected chi connectivity index (χ1v) is 7.38. The smallest absolute Gasteiger partial charge is 0.314 e. The minimum atomic E-state index is -0.913. The Kier molecular flexibility index (Phi) is 4.87. The van der Waals surface area contributed by atoms with E-state index in [0.29, 0.717) is 12.2 Å². The van der Waals surface area contributed by atoms with Gasteiger partial charge in [0, 0.05) is 20.4 Å². The van der Waals surface area contributed by atoms with Gasteiger partial charge in [0.2, 0.25) is 0 Å². The van der Waals surface area contributed by atoms with Crippen LogP contribution in [0, 0.1) is 3.57 Å². The second-order valence-electron chi connectivity index (χ2n) is 3.98. The van der Waals surface area contributed by atoms with Crippen molar-refractivity contribution in [1.82, 2.24) is 9.97 Å². The molecule has 1 atom stereocenters. The molecular formula is C13H10BrIN2O2. The largest absolute Gasteiger partial charge is 0.481 e. The molecule has 98 valence electrons. The fourth-order valence-electron chi connectivity index (χ4n) is 1.65. The van der Waals surface area contributed by atoms with Gasteiger partial charge in [-0.15, -0.1) is 0 Å². The number of benzene rings is 1. The van der Waals surface area contributed by atoms with Gasteiger partial charge in [-0.25, -0.2) is 9.97 Å². The van der Waals surface area contributed by atoms with E-state index in [1.807, 2.05) is 24.3 Å². The minimum absolute atomic E-state index is 0.343. The SMILES string of the molecule is O=C(O)C(Cc1ccc(Br)cc1)c1ncc(I)cn1. The van der Waals surface area contributed by atoms with Gasteiger partial charge in [-0.1, -0.05) is 28.1 Å². The van der Waals surface area contributed by atoms with E-state index in [-0.39, 0.29) is 0 Å². The van der Waals surface area contributed by atoms with Gasteiger partial charge in [0.05, 0.1) is 0 Å². The molecule has 2 aromatic rings. The molecule has 1 N–H and O–H groups in total. The molecule has 0 radical (unpaired) electrons. The summed E-state index contributed by atoms with van der Waals surface area (Å²) in [6, 6.07) is 7.57. The van der Waals surface area contributed by atoms with Gasteiger partial charge in [-0.05, 0) is 46.7 Å². The number of halogens is 2. The first-order valence-electron chi connectivity index (χ1n) is 5.51. The number of hydrogen-bond acceptors (Lipinski definition) is 3. The van der Waals surface area contributed by atoms with Crippen molar-refractivity contribution < 1.29 is 9.90 Å². The van der Waals surface area contributed by atoms with Crippen LogP contribution in [0.1, 0.15) is 17.3 Å². The monoisotopic (exact) mass is 432 g/mol. The van der Waals surface area contributed by atoms with E-state index in [2.05, 4.69) is 48.5 Å². The maximum atomic E-state index is 11.4. The summed E-state index contributed by atoms with van der Waals surface area (Å²) in [5.74, 6) is -1.29. The molecule has 1 heterocycles. The molecule has 0 aliphatic carbocycles. The van der Waals surface area contributed by atoms with E-state index < -0.39 is 11.9 Å². The molecule has 0 fully saturated rings. The number of carboxylic acids is 1. The molecular weight excluding hydrogens is 423 g/mol. The Morgan fingerprint density at radius 2 is 1.84 bits per heavy atom. The summed E-state index contributed by atoms with van der Waals surface area (Å²) in [5, 5.41) is 9.32. The van der Waals surface area contributed by atoms with Crippen molar-refractivity contribution in [3.8, 4) is 0 Å². The van der Waals surface area contributed by atoms with Crippen molar-refractivity contribution in [2.24, 2.45) is 0 Å². The summed E-state index contributed by atoms with van der Waals surface area (Å²) in [4.78, 5) is 19.6. The highest BCUT2D eigenvalue weighted by molar-refractivity contribution is 14.1. The molecule has 0 aliphatic rings. The Labute approximate surface area is 132 Å². The van der Waals surface area contributed by atoms with E-state index in [4.69, 9.17) is 0 Å². The van der Waals surface area contributed by atoms with Crippen LogP contribution in [0.4, 0.5) is 0 Å². The van der Waals surface area contributed by atoms with Gasteiger partial charge < -0.3 is 5.11 Å². The van der Waals surface area contributed by atoms with E-state index in [1.54, 1.807) is 12.4 Å². The molecule has 0 spiro atoms. The number of carbonyl (C=O) groups is 1. The lowest BCUT2D eigenvalue weighted by Gasteiger charge is -2.11. The van der Waals surface area contributed by atoms with Crippen LogP contribution in [-0.2, 0) is 11.2 Å². The van der Waals surface area contributed by atoms with Gasteiger partial charge in [0.15, 0.2) is 0 Å². The summed E-state index contributed by atoms with van der Waals surface area (Å²) in [5.41, 5.74) is 0.942. The molecule has 0 saturated heterocycles. The Morgan fingerprint density at radius 3 is 2.37 bits per heavy atom. The molecule has 0 aliphatic heterocycles. The highest BCUT2D eigenvalue weighted by Gasteiger charge is 2.23. The molecule has 6 heteroatoms. The molecule has 0 bridgehead atoms.